The molecule has 2 aromatic carbocycles. The highest BCUT2D eigenvalue weighted by Gasteiger charge is 2.29. The Balaban J connectivity index is 1.93. The molecule has 6 heteroatoms. The summed E-state index contributed by atoms with van der Waals surface area (Å²) in [4.78, 5) is 0. The number of anilines is 1. The molecule has 1 N–H and O–H groups in total. The maximum Gasteiger partial charge on any atom is 0.416 e. The Morgan fingerprint density at radius 3 is 2.40 bits per heavy atom. The van der Waals surface area contributed by atoms with E-state index in [1.54, 1.807) is 0 Å². The fourth-order valence-corrected chi connectivity index (χ4v) is 2.53. The number of hydrogen-bond donors (Lipinski definition) is 1. The van der Waals surface area contributed by atoms with Crippen LogP contribution in [0.15, 0.2) is 42.5 Å². The number of rotatable bonds is 1. The zero-order valence-corrected chi connectivity index (χ0v) is 11.0. The zero-order chi connectivity index (χ0) is 14.2. The monoisotopic (exact) mass is 297 g/mol. The minimum Gasteiger partial charge on any atom is -0.479 e. The molecule has 0 radical (unpaired) electrons. The van der Waals surface area contributed by atoms with Gasteiger partial charge >= 0.3 is 6.18 Å². The molecule has 0 saturated carbocycles. The maximum atomic E-state index is 12.5. The van der Waals surface area contributed by atoms with Gasteiger partial charge in [-0.2, -0.15) is 13.2 Å². The van der Waals surface area contributed by atoms with Gasteiger partial charge < -0.3 is 9.46 Å². The molecule has 0 saturated heterocycles. The van der Waals surface area contributed by atoms with Gasteiger partial charge in [0.2, 0.25) is 0 Å². The first-order chi connectivity index (χ1) is 9.54. The smallest absolute Gasteiger partial charge is 0.416 e. The second kappa shape index (κ2) is 4.94. The van der Waals surface area contributed by atoms with E-state index in [9.17, 15) is 13.2 Å². The van der Waals surface area contributed by atoms with Crippen molar-refractivity contribution in [1.29, 1.82) is 0 Å². The Hall–Kier alpha value is -1.82. The Kier molecular flexibility index (Phi) is 3.25. The van der Waals surface area contributed by atoms with Crippen molar-refractivity contribution in [3.8, 4) is 16.9 Å². The summed E-state index contributed by atoms with van der Waals surface area (Å²) in [5.74, 6) is 1.21. The molecular weight excluding hydrogens is 287 g/mol. The number of benzene rings is 2. The van der Waals surface area contributed by atoms with Crippen molar-refractivity contribution in [3.63, 3.8) is 0 Å². The summed E-state index contributed by atoms with van der Waals surface area (Å²) in [7, 11) is 0. The lowest BCUT2D eigenvalue weighted by molar-refractivity contribution is -0.137. The van der Waals surface area contributed by atoms with Crippen LogP contribution in [0.25, 0.3) is 11.1 Å². The van der Waals surface area contributed by atoms with E-state index in [1.807, 2.05) is 18.2 Å². The van der Waals surface area contributed by atoms with Crippen molar-refractivity contribution in [1.82, 2.24) is 0 Å². The fraction of sp³-hybridized carbons (Fsp3) is 0.143. The van der Waals surface area contributed by atoms with Gasteiger partial charge in [-0.1, -0.05) is 18.2 Å². The number of ether oxygens (including phenoxy) is 1. The average Bonchev–Trinajstić information content (AvgIpc) is 2.46. The second-order valence-corrected chi connectivity index (χ2v) is 5.02. The SMILES string of the molecule is FC(F)(F)c1ccc(-c2ccc3c(c2)OCSN3)cc1. The number of hydrogen-bond acceptors (Lipinski definition) is 3. The molecule has 1 aliphatic rings. The summed E-state index contributed by atoms with van der Waals surface area (Å²) in [5.41, 5.74) is 1.78. The molecule has 2 aromatic rings. The van der Waals surface area contributed by atoms with E-state index in [-0.39, 0.29) is 0 Å². The molecule has 3 rings (SSSR count). The standard InChI is InChI=1S/C14H10F3NOS/c15-14(16,17)11-4-1-9(2-5-11)10-3-6-12-13(7-10)19-8-20-18-12/h1-7,18H,8H2. The Morgan fingerprint density at radius 2 is 1.70 bits per heavy atom. The lowest BCUT2D eigenvalue weighted by Crippen LogP contribution is -2.05. The first kappa shape index (κ1) is 13.2. The highest BCUT2D eigenvalue weighted by Crippen LogP contribution is 2.36. The molecule has 0 bridgehead atoms. The minimum atomic E-state index is -4.31. The molecule has 0 fully saturated rings. The third-order valence-electron chi connectivity index (χ3n) is 2.98. The predicted octanol–water partition coefficient (Wildman–Crippen LogP) is 4.78. The normalized spacial score (nSPS) is 14.2. The lowest BCUT2D eigenvalue weighted by atomic mass is 10.0. The summed E-state index contributed by atoms with van der Waals surface area (Å²) in [6.07, 6.45) is -4.31. The molecule has 0 spiro atoms. The summed E-state index contributed by atoms with van der Waals surface area (Å²) in [5, 5.41) is 0. The molecule has 0 atom stereocenters. The third kappa shape index (κ3) is 2.56. The molecule has 1 aliphatic heterocycles. The van der Waals surface area contributed by atoms with E-state index in [1.165, 1.54) is 24.1 Å². The van der Waals surface area contributed by atoms with Crippen molar-refractivity contribution in [3.05, 3.63) is 48.0 Å². The van der Waals surface area contributed by atoms with Gasteiger partial charge in [0.1, 0.15) is 5.75 Å². The number of nitrogens with one attached hydrogen (secondary N) is 1. The molecule has 20 heavy (non-hydrogen) atoms. The summed E-state index contributed by atoms with van der Waals surface area (Å²) < 4.78 is 46.1. The van der Waals surface area contributed by atoms with Crippen molar-refractivity contribution in [2.24, 2.45) is 0 Å². The quantitative estimate of drug-likeness (QED) is 0.765. The van der Waals surface area contributed by atoms with E-state index in [0.29, 0.717) is 11.7 Å². The van der Waals surface area contributed by atoms with Gasteiger partial charge in [-0.05, 0) is 47.3 Å². The summed E-state index contributed by atoms with van der Waals surface area (Å²) in [6, 6.07) is 10.6. The highest BCUT2D eigenvalue weighted by atomic mass is 32.2. The molecule has 2 nitrogen and oxygen atoms in total. The van der Waals surface area contributed by atoms with E-state index >= 15 is 0 Å². The Labute approximate surface area is 118 Å². The van der Waals surface area contributed by atoms with Crippen molar-refractivity contribution >= 4 is 17.6 Å². The molecule has 0 amide bonds. The van der Waals surface area contributed by atoms with Crippen LogP contribution in [0.1, 0.15) is 5.56 Å². The Bertz CT molecular complexity index is 625. The molecule has 0 unspecified atom stereocenters. The van der Waals surface area contributed by atoms with Crippen LogP contribution in [0.4, 0.5) is 18.9 Å². The maximum absolute atomic E-state index is 12.5. The number of alkyl halides is 3. The van der Waals surface area contributed by atoms with E-state index in [0.717, 1.165) is 28.9 Å². The van der Waals surface area contributed by atoms with Crippen molar-refractivity contribution in [2.45, 2.75) is 6.18 Å². The molecule has 0 aliphatic carbocycles. The van der Waals surface area contributed by atoms with Crippen LogP contribution in [0.2, 0.25) is 0 Å². The van der Waals surface area contributed by atoms with Gasteiger partial charge in [-0.15, -0.1) is 0 Å². The van der Waals surface area contributed by atoms with Crippen LogP contribution in [0.5, 0.6) is 5.75 Å². The van der Waals surface area contributed by atoms with E-state index < -0.39 is 11.7 Å². The summed E-state index contributed by atoms with van der Waals surface area (Å²) >= 11 is 1.45. The zero-order valence-electron chi connectivity index (χ0n) is 10.2. The molecular formula is C14H10F3NOS. The van der Waals surface area contributed by atoms with Gasteiger partial charge in [0, 0.05) is 0 Å². The lowest BCUT2D eigenvalue weighted by Gasteiger charge is -2.18. The second-order valence-electron chi connectivity index (χ2n) is 4.29. The minimum absolute atomic E-state index is 0.503. The molecule has 0 aromatic heterocycles. The molecule has 1 heterocycles. The van der Waals surface area contributed by atoms with Crippen molar-refractivity contribution < 1.29 is 17.9 Å². The fourth-order valence-electron chi connectivity index (χ4n) is 1.96. The van der Waals surface area contributed by atoms with Gasteiger partial charge in [0.15, 0.2) is 5.94 Å². The van der Waals surface area contributed by atoms with Crippen LogP contribution < -0.4 is 9.46 Å². The first-order valence-corrected chi connectivity index (χ1v) is 6.85. The third-order valence-corrected chi connectivity index (χ3v) is 3.58. The van der Waals surface area contributed by atoms with E-state index in [2.05, 4.69) is 4.72 Å². The van der Waals surface area contributed by atoms with Crippen LogP contribution in [-0.2, 0) is 6.18 Å². The van der Waals surface area contributed by atoms with Gasteiger partial charge in [0.05, 0.1) is 11.3 Å². The van der Waals surface area contributed by atoms with Gasteiger partial charge in [-0.25, -0.2) is 0 Å². The highest BCUT2D eigenvalue weighted by molar-refractivity contribution is 8.00. The van der Waals surface area contributed by atoms with Gasteiger partial charge in [0.25, 0.3) is 0 Å². The number of halogens is 3. The number of fused-ring (bicyclic) bond motifs is 1. The van der Waals surface area contributed by atoms with Crippen LogP contribution in [0, 0.1) is 0 Å². The van der Waals surface area contributed by atoms with Crippen LogP contribution >= 0.6 is 11.9 Å². The van der Waals surface area contributed by atoms with Crippen LogP contribution in [0.3, 0.4) is 0 Å². The summed E-state index contributed by atoms with van der Waals surface area (Å²) in [6.45, 7) is 0. The predicted molar refractivity (Wildman–Crippen MR) is 73.6 cm³/mol. The van der Waals surface area contributed by atoms with E-state index in [4.69, 9.17) is 4.74 Å². The van der Waals surface area contributed by atoms with Crippen molar-refractivity contribution in [2.75, 3.05) is 10.7 Å². The first-order valence-electron chi connectivity index (χ1n) is 5.86. The Morgan fingerprint density at radius 1 is 1.00 bits per heavy atom. The molecule has 104 valence electrons. The van der Waals surface area contributed by atoms with Crippen LogP contribution in [-0.4, -0.2) is 5.94 Å². The largest absolute Gasteiger partial charge is 0.479 e. The topological polar surface area (TPSA) is 21.3 Å². The van der Waals surface area contributed by atoms with Gasteiger partial charge in [-0.3, -0.25) is 0 Å². The average molecular weight is 297 g/mol.